The Morgan fingerprint density at radius 2 is 1.70 bits per heavy atom. The lowest BCUT2D eigenvalue weighted by molar-refractivity contribution is -0.116. The first-order valence-electron chi connectivity index (χ1n) is 9.35. The molecule has 1 aliphatic rings. The molecule has 0 atom stereocenters. The van der Waals surface area contributed by atoms with Crippen LogP contribution in [0, 0.1) is 0 Å². The molecule has 1 saturated heterocycles. The summed E-state index contributed by atoms with van der Waals surface area (Å²) in [6, 6.07) is 13.0. The van der Waals surface area contributed by atoms with Crippen LogP contribution in [0.3, 0.4) is 0 Å². The molecule has 0 radical (unpaired) electrons. The molecule has 1 aromatic heterocycles. The largest absolute Gasteiger partial charge is 0.326 e. The van der Waals surface area contributed by atoms with Gasteiger partial charge in [-0.25, -0.2) is 0 Å². The fourth-order valence-corrected chi connectivity index (χ4v) is 3.16. The number of carbonyl (C=O) groups is 2. The Hall–Kier alpha value is -2.57. The van der Waals surface area contributed by atoms with Crippen LogP contribution in [0.25, 0.3) is 0 Å². The number of nitrogens with one attached hydrogen (secondary N) is 1. The summed E-state index contributed by atoms with van der Waals surface area (Å²) in [5.41, 5.74) is 2.47. The van der Waals surface area contributed by atoms with Gasteiger partial charge in [0.2, 0.25) is 5.91 Å². The number of ketones is 1. The minimum Gasteiger partial charge on any atom is -0.326 e. The van der Waals surface area contributed by atoms with Gasteiger partial charge in [0.15, 0.2) is 5.78 Å². The van der Waals surface area contributed by atoms with E-state index < -0.39 is 0 Å². The molecule has 2 heterocycles. The van der Waals surface area contributed by atoms with Crippen LogP contribution in [0.5, 0.6) is 0 Å². The first-order chi connectivity index (χ1) is 13.1. The molecule has 1 aliphatic heterocycles. The number of hydrogen-bond acceptors (Lipinski definition) is 5. The van der Waals surface area contributed by atoms with E-state index >= 15 is 0 Å². The lowest BCUT2D eigenvalue weighted by atomic mass is 10.1. The molecule has 0 aliphatic carbocycles. The molecule has 0 bridgehead atoms. The number of rotatable bonds is 7. The molecule has 0 spiro atoms. The van der Waals surface area contributed by atoms with E-state index in [0.717, 1.165) is 50.6 Å². The zero-order valence-electron chi connectivity index (χ0n) is 15.7. The first kappa shape index (κ1) is 19.2. The minimum atomic E-state index is 0.00138. The zero-order valence-corrected chi connectivity index (χ0v) is 15.7. The van der Waals surface area contributed by atoms with E-state index in [1.54, 1.807) is 24.3 Å². The van der Waals surface area contributed by atoms with Crippen molar-refractivity contribution in [3.63, 3.8) is 0 Å². The monoisotopic (exact) mass is 366 g/mol. The number of carbonyl (C=O) groups excluding carboxylic acids is 2. The summed E-state index contributed by atoms with van der Waals surface area (Å²) in [6.45, 7) is 7.08. The van der Waals surface area contributed by atoms with Crippen molar-refractivity contribution < 1.29 is 9.59 Å². The van der Waals surface area contributed by atoms with Crippen LogP contribution in [0.1, 0.15) is 29.4 Å². The van der Waals surface area contributed by atoms with E-state index in [9.17, 15) is 9.59 Å². The summed E-state index contributed by atoms with van der Waals surface area (Å²) in [4.78, 5) is 32.5. The molecule has 1 aromatic carbocycles. The number of aromatic nitrogens is 1. The highest BCUT2D eigenvalue weighted by molar-refractivity contribution is 5.95. The quantitative estimate of drug-likeness (QED) is 0.763. The van der Waals surface area contributed by atoms with Gasteiger partial charge in [-0.1, -0.05) is 6.07 Å². The van der Waals surface area contributed by atoms with Gasteiger partial charge in [0, 0.05) is 63.1 Å². The fraction of sp³-hybridized carbons (Fsp3) is 0.381. The molecule has 6 heteroatoms. The van der Waals surface area contributed by atoms with Crippen LogP contribution in [0.2, 0.25) is 0 Å². The molecule has 0 unspecified atom stereocenters. The maximum atomic E-state index is 12.2. The molecule has 1 amide bonds. The number of amides is 1. The third-order valence-corrected chi connectivity index (χ3v) is 4.81. The number of benzene rings is 1. The second-order valence-corrected chi connectivity index (χ2v) is 6.87. The lowest BCUT2D eigenvalue weighted by Crippen LogP contribution is -2.46. The van der Waals surface area contributed by atoms with Crippen molar-refractivity contribution in [2.24, 2.45) is 0 Å². The predicted octanol–water partition coefficient (Wildman–Crippen LogP) is 2.43. The summed E-state index contributed by atoms with van der Waals surface area (Å²) >= 11 is 0. The Morgan fingerprint density at radius 1 is 1.00 bits per heavy atom. The number of Topliss-reactive ketones (excluding diaryl/α,β-unsaturated/α-hetero) is 1. The highest BCUT2D eigenvalue weighted by Crippen LogP contribution is 2.11. The molecule has 0 saturated carbocycles. The highest BCUT2D eigenvalue weighted by atomic mass is 16.1. The van der Waals surface area contributed by atoms with Crippen molar-refractivity contribution in [3.8, 4) is 0 Å². The van der Waals surface area contributed by atoms with Gasteiger partial charge in [0.1, 0.15) is 0 Å². The molecular formula is C21H26N4O2. The minimum absolute atomic E-state index is 0.00138. The van der Waals surface area contributed by atoms with Crippen molar-refractivity contribution in [3.05, 3.63) is 59.9 Å². The molecule has 1 N–H and O–H groups in total. The van der Waals surface area contributed by atoms with E-state index in [4.69, 9.17) is 0 Å². The Kier molecular flexibility index (Phi) is 6.68. The van der Waals surface area contributed by atoms with Crippen LogP contribution in [-0.2, 0) is 11.3 Å². The third kappa shape index (κ3) is 5.98. The SMILES string of the molecule is CC(=O)c1ccc(NC(=O)CCN2CCN(Cc3ccccn3)CC2)cc1. The number of pyridine rings is 1. The number of hydrogen-bond donors (Lipinski definition) is 1. The van der Waals surface area contributed by atoms with E-state index in [-0.39, 0.29) is 11.7 Å². The van der Waals surface area contributed by atoms with Crippen molar-refractivity contribution >= 4 is 17.4 Å². The maximum absolute atomic E-state index is 12.2. The van der Waals surface area contributed by atoms with Crippen molar-refractivity contribution in [1.29, 1.82) is 0 Å². The van der Waals surface area contributed by atoms with Crippen LogP contribution < -0.4 is 5.32 Å². The van der Waals surface area contributed by atoms with E-state index in [1.165, 1.54) is 6.92 Å². The summed E-state index contributed by atoms with van der Waals surface area (Å²) in [7, 11) is 0. The Balaban J connectivity index is 1.37. The van der Waals surface area contributed by atoms with Crippen LogP contribution in [-0.4, -0.2) is 59.2 Å². The zero-order chi connectivity index (χ0) is 19.1. The van der Waals surface area contributed by atoms with Gasteiger partial charge >= 0.3 is 0 Å². The lowest BCUT2D eigenvalue weighted by Gasteiger charge is -2.34. The van der Waals surface area contributed by atoms with E-state index in [0.29, 0.717) is 12.0 Å². The van der Waals surface area contributed by atoms with Gasteiger partial charge < -0.3 is 10.2 Å². The Labute approximate surface area is 160 Å². The molecule has 2 aromatic rings. The average molecular weight is 366 g/mol. The average Bonchev–Trinajstić information content (AvgIpc) is 2.69. The number of piperazine rings is 1. The molecule has 6 nitrogen and oxygen atoms in total. The third-order valence-electron chi connectivity index (χ3n) is 4.81. The van der Waals surface area contributed by atoms with Crippen LogP contribution >= 0.6 is 0 Å². The number of anilines is 1. The Morgan fingerprint density at radius 3 is 2.33 bits per heavy atom. The van der Waals surface area contributed by atoms with Crippen LogP contribution in [0.15, 0.2) is 48.7 Å². The van der Waals surface area contributed by atoms with Gasteiger partial charge in [-0.3, -0.25) is 19.5 Å². The predicted molar refractivity (Wildman–Crippen MR) is 106 cm³/mol. The Bertz CT molecular complexity index is 754. The highest BCUT2D eigenvalue weighted by Gasteiger charge is 2.18. The normalized spacial score (nSPS) is 15.4. The smallest absolute Gasteiger partial charge is 0.225 e. The standard InChI is InChI=1S/C21H26N4O2/c1-17(26)18-5-7-19(8-6-18)23-21(27)9-11-24-12-14-25(15-13-24)16-20-4-2-3-10-22-20/h2-8,10H,9,11-16H2,1H3,(H,23,27). The first-order valence-corrected chi connectivity index (χ1v) is 9.35. The van der Waals surface area contributed by atoms with Crippen molar-refractivity contribution in [2.45, 2.75) is 19.9 Å². The van der Waals surface area contributed by atoms with E-state index in [1.807, 2.05) is 18.3 Å². The molecule has 3 rings (SSSR count). The van der Waals surface area contributed by atoms with Gasteiger partial charge in [-0.2, -0.15) is 0 Å². The van der Waals surface area contributed by atoms with E-state index in [2.05, 4.69) is 26.2 Å². The molecular weight excluding hydrogens is 340 g/mol. The summed E-state index contributed by atoms with van der Waals surface area (Å²) in [5.74, 6) is 0.0246. The second kappa shape index (κ2) is 9.39. The summed E-state index contributed by atoms with van der Waals surface area (Å²) in [5, 5.41) is 2.89. The summed E-state index contributed by atoms with van der Waals surface area (Å²) in [6.07, 6.45) is 2.30. The van der Waals surface area contributed by atoms with Crippen molar-refractivity contribution in [2.75, 3.05) is 38.0 Å². The van der Waals surface area contributed by atoms with Gasteiger partial charge in [-0.15, -0.1) is 0 Å². The second-order valence-electron chi connectivity index (χ2n) is 6.87. The van der Waals surface area contributed by atoms with Crippen LogP contribution in [0.4, 0.5) is 5.69 Å². The molecule has 1 fully saturated rings. The van der Waals surface area contributed by atoms with Gasteiger partial charge in [0.05, 0.1) is 5.69 Å². The molecule has 142 valence electrons. The van der Waals surface area contributed by atoms with Crippen molar-refractivity contribution in [1.82, 2.24) is 14.8 Å². The summed E-state index contributed by atoms with van der Waals surface area (Å²) < 4.78 is 0. The number of nitrogens with zero attached hydrogens (tertiary/aromatic N) is 3. The topological polar surface area (TPSA) is 65.5 Å². The van der Waals surface area contributed by atoms with Gasteiger partial charge in [0.25, 0.3) is 0 Å². The fourth-order valence-electron chi connectivity index (χ4n) is 3.16. The molecule has 27 heavy (non-hydrogen) atoms. The van der Waals surface area contributed by atoms with Gasteiger partial charge in [-0.05, 0) is 43.3 Å². The maximum Gasteiger partial charge on any atom is 0.225 e.